The number of hydrogen-bond acceptors (Lipinski definition) is 1. The number of allylic oxidation sites excluding steroid dienone is 2. The van der Waals surface area contributed by atoms with Gasteiger partial charge >= 0.3 is 0 Å². The molecule has 28 heavy (non-hydrogen) atoms. The van der Waals surface area contributed by atoms with Crippen molar-refractivity contribution in [2.75, 3.05) is 0 Å². The van der Waals surface area contributed by atoms with Crippen LogP contribution in [0.3, 0.4) is 0 Å². The van der Waals surface area contributed by atoms with E-state index in [0.29, 0.717) is 0 Å². The molecule has 154 valence electrons. The molecule has 3 rings (SSSR count). The molecule has 0 spiro atoms. The van der Waals surface area contributed by atoms with Crippen LogP contribution in [-0.4, -0.2) is 10.5 Å². The minimum atomic E-state index is -0.0830. The molecular weight excluding hydrogens is 342 g/mol. The van der Waals surface area contributed by atoms with Crippen LogP contribution in [0.2, 0.25) is 0 Å². The molecule has 0 atom stereocenters. The standard InChI is InChI=1S/C26H39NO/c1-5-7-9-13-17-26(18-14-10-8-6-2)19-22-21-15-11-12-16-23(21)27(28)24(22)25(3,4)20-26/h11-12,15-16,19H,5-10,13-14,17-18,20H2,1-4H3. The van der Waals surface area contributed by atoms with Gasteiger partial charge in [0.1, 0.15) is 0 Å². The Hall–Kier alpha value is -1.57. The van der Waals surface area contributed by atoms with E-state index in [0.717, 1.165) is 23.4 Å². The van der Waals surface area contributed by atoms with E-state index in [9.17, 15) is 5.21 Å². The van der Waals surface area contributed by atoms with Crippen LogP contribution < -0.4 is 0 Å². The molecule has 1 aliphatic carbocycles. The molecular formula is C26H39NO. The Bertz CT molecular complexity index is 729. The first-order chi connectivity index (χ1) is 13.4. The number of nitrogens with zero attached hydrogens (tertiary/aromatic N) is 1. The van der Waals surface area contributed by atoms with Crippen molar-refractivity contribution in [3.8, 4) is 0 Å². The Morgan fingerprint density at radius 3 is 2.11 bits per heavy atom. The minimum absolute atomic E-state index is 0.0830. The van der Waals surface area contributed by atoms with Gasteiger partial charge in [-0.05, 0) is 44.6 Å². The maximum absolute atomic E-state index is 13.1. The molecule has 0 fully saturated rings. The van der Waals surface area contributed by atoms with Crippen molar-refractivity contribution < 1.29 is 4.74 Å². The van der Waals surface area contributed by atoms with Gasteiger partial charge in [0.15, 0.2) is 0 Å². The zero-order valence-electron chi connectivity index (χ0n) is 18.5. The Morgan fingerprint density at radius 1 is 0.893 bits per heavy atom. The van der Waals surface area contributed by atoms with E-state index in [2.05, 4.69) is 45.9 Å². The second-order valence-corrected chi connectivity index (χ2v) is 9.76. The summed E-state index contributed by atoms with van der Waals surface area (Å²) in [5.74, 6) is 0. The van der Waals surface area contributed by atoms with E-state index in [-0.39, 0.29) is 10.8 Å². The highest BCUT2D eigenvalue weighted by atomic mass is 16.5. The molecule has 0 saturated carbocycles. The lowest BCUT2D eigenvalue weighted by Gasteiger charge is -2.42. The Labute approximate surface area is 172 Å². The average molecular weight is 382 g/mol. The highest BCUT2D eigenvalue weighted by Gasteiger charge is 2.50. The lowest BCUT2D eigenvalue weighted by molar-refractivity contribution is -0.361. The molecule has 1 aromatic carbocycles. The molecule has 1 heterocycles. The summed E-state index contributed by atoms with van der Waals surface area (Å²) in [7, 11) is 0. The summed E-state index contributed by atoms with van der Waals surface area (Å²) >= 11 is 0. The van der Waals surface area contributed by atoms with Crippen molar-refractivity contribution >= 4 is 17.0 Å². The lowest BCUT2D eigenvalue weighted by atomic mass is 9.60. The second-order valence-electron chi connectivity index (χ2n) is 9.76. The van der Waals surface area contributed by atoms with Gasteiger partial charge in [-0.3, -0.25) is 0 Å². The number of hydrogen-bond donors (Lipinski definition) is 0. The number of para-hydroxylation sites is 1. The third-order valence-corrected chi connectivity index (χ3v) is 6.81. The molecule has 0 bridgehead atoms. The van der Waals surface area contributed by atoms with Gasteiger partial charge in [-0.25, -0.2) is 0 Å². The summed E-state index contributed by atoms with van der Waals surface area (Å²) in [5, 5.41) is 13.1. The van der Waals surface area contributed by atoms with E-state index in [1.165, 1.54) is 74.5 Å². The fourth-order valence-electron chi connectivity index (χ4n) is 5.60. The first-order valence-electron chi connectivity index (χ1n) is 11.6. The van der Waals surface area contributed by atoms with Gasteiger partial charge in [-0.2, -0.15) is 4.74 Å². The highest BCUT2D eigenvalue weighted by Crippen LogP contribution is 2.54. The first-order valence-corrected chi connectivity index (χ1v) is 11.6. The van der Waals surface area contributed by atoms with Gasteiger partial charge in [0.25, 0.3) is 0 Å². The van der Waals surface area contributed by atoms with Crippen molar-refractivity contribution in [2.24, 2.45) is 10.8 Å². The molecule has 2 aliphatic rings. The molecule has 1 aliphatic heterocycles. The number of fused-ring (bicyclic) bond motifs is 3. The number of unbranched alkanes of at least 4 members (excludes halogenated alkanes) is 6. The minimum Gasteiger partial charge on any atom is -0.618 e. The van der Waals surface area contributed by atoms with Gasteiger partial charge in [0.2, 0.25) is 11.4 Å². The molecule has 2 heteroatoms. The van der Waals surface area contributed by atoms with E-state index >= 15 is 0 Å². The molecule has 0 unspecified atom stereocenters. The van der Waals surface area contributed by atoms with Gasteiger partial charge in [-0.15, -0.1) is 0 Å². The van der Waals surface area contributed by atoms with Crippen molar-refractivity contribution in [1.82, 2.24) is 0 Å². The number of benzene rings is 1. The summed E-state index contributed by atoms with van der Waals surface area (Å²) in [5.41, 5.74) is 4.36. The molecule has 0 aromatic heterocycles. The predicted molar refractivity (Wildman–Crippen MR) is 121 cm³/mol. The van der Waals surface area contributed by atoms with Gasteiger partial charge in [0.05, 0.1) is 16.6 Å². The van der Waals surface area contributed by atoms with Crippen LogP contribution in [0.1, 0.15) is 104 Å². The largest absolute Gasteiger partial charge is 0.618 e. The van der Waals surface area contributed by atoms with Crippen molar-refractivity contribution in [3.63, 3.8) is 0 Å². The number of rotatable bonds is 10. The van der Waals surface area contributed by atoms with Crippen LogP contribution in [0.4, 0.5) is 5.69 Å². The SMILES string of the molecule is CCCCCCC1(CCCCCC)C=C2C(=[N+]([O-])c3ccccc32)C(C)(C)C1. The Balaban J connectivity index is 1.95. The maximum atomic E-state index is 13.1. The predicted octanol–water partition coefficient (Wildman–Crippen LogP) is 8.02. The highest BCUT2D eigenvalue weighted by molar-refractivity contribution is 6.27. The third kappa shape index (κ3) is 4.21. The van der Waals surface area contributed by atoms with Crippen LogP contribution >= 0.6 is 0 Å². The van der Waals surface area contributed by atoms with Crippen LogP contribution in [0.15, 0.2) is 30.3 Å². The summed E-state index contributed by atoms with van der Waals surface area (Å²) < 4.78 is 1.22. The fraction of sp³-hybridized carbons (Fsp3) is 0.654. The van der Waals surface area contributed by atoms with Gasteiger partial charge in [0, 0.05) is 6.07 Å². The summed E-state index contributed by atoms with van der Waals surface area (Å²) in [4.78, 5) is 0. The van der Waals surface area contributed by atoms with E-state index < -0.39 is 0 Å². The first kappa shape index (κ1) is 21.1. The monoisotopic (exact) mass is 381 g/mol. The quantitative estimate of drug-likeness (QED) is 0.229. The second kappa shape index (κ2) is 8.84. The molecule has 0 amide bonds. The summed E-state index contributed by atoms with van der Waals surface area (Å²) in [6, 6.07) is 8.17. The van der Waals surface area contributed by atoms with E-state index in [1.807, 2.05) is 12.1 Å². The zero-order chi connectivity index (χ0) is 20.2. The molecule has 0 radical (unpaired) electrons. The lowest BCUT2D eigenvalue weighted by Crippen LogP contribution is -2.39. The zero-order valence-corrected chi connectivity index (χ0v) is 18.5. The van der Waals surface area contributed by atoms with E-state index in [4.69, 9.17) is 0 Å². The Morgan fingerprint density at radius 2 is 1.50 bits per heavy atom. The van der Waals surface area contributed by atoms with Crippen molar-refractivity contribution in [1.29, 1.82) is 0 Å². The summed E-state index contributed by atoms with van der Waals surface area (Å²) in [6.07, 6.45) is 16.7. The smallest absolute Gasteiger partial charge is 0.224 e. The van der Waals surface area contributed by atoms with Crippen LogP contribution in [0.5, 0.6) is 0 Å². The molecule has 0 saturated heterocycles. The molecule has 0 N–H and O–H groups in total. The van der Waals surface area contributed by atoms with Crippen LogP contribution in [-0.2, 0) is 0 Å². The van der Waals surface area contributed by atoms with Crippen LogP contribution in [0.25, 0.3) is 5.57 Å². The van der Waals surface area contributed by atoms with Gasteiger partial charge in [-0.1, -0.05) is 83.4 Å². The molecule has 2 nitrogen and oxygen atoms in total. The average Bonchev–Trinajstić information content (AvgIpc) is 2.95. The van der Waals surface area contributed by atoms with Crippen molar-refractivity contribution in [2.45, 2.75) is 98.3 Å². The topological polar surface area (TPSA) is 26.1 Å². The van der Waals surface area contributed by atoms with Crippen LogP contribution in [0, 0.1) is 16.0 Å². The molecule has 1 aromatic rings. The van der Waals surface area contributed by atoms with Crippen molar-refractivity contribution in [3.05, 3.63) is 41.1 Å². The van der Waals surface area contributed by atoms with E-state index in [1.54, 1.807) is 0 Å². The summed E-state index contributed by atoms with van der Waals surface area (Å²) in [6.45, 7) is 9.15. The van der Waals surface area contributed by atoms with Gasteiger partial charge < -0.3 is 5.21 Å². The maximum Gasteiger partial charge on any atom is 0.224 e. The third-order valence-electron chi connectivity index (χ3n) is 6.81. The Kier molecular flexibility index (Phi) is 6.68. The normalized spacial score (nSPS) is 19.4. The fourth-order valence-corrected chi connectivity index (χ4v) is 5.60.